The van der Waals surface area contributed by atoms with Gasteiger partial charge in [-0.3, -0.25) is 9.59 Å². The molecule has 0 aliphatic heterocycles. The van der Waals surface area contributed by atoms with Crippen LogP contribution in [-0.4, -0.2) is 39.6 Å². The molecular formula is C24H28N3O4+. The van der Waals surface area contributed by atoms with Crippen molar-refractivity contribution < 1.29 is 24.0 Å². The fourth-order valence-electron chi connectivity index (χ4n) is 3.48. The molecule has 0 heterocycles. The van der Waals surface area contributed by atoms with Gasteiger partial charge in [-0.2, -0.15) is 0 Å². The van der Waals surface area contributed by atoms with Gasteiger partial charge in [0.2, 0.25) is 5.91 Å². The van der Waals surface area contributed by atoms with E-state index in [-0.39, 0.29) is 18.4 Å². The fraction of sp³-hybridized carbons (Fsp3) is 0.250. The molecular weight excluding hydrogens is 394 g/mol. The van der Waals surface area contributed by atoms with Gasteiger partial charge in [0, 0.05) is 18.2 Å². The maximum absolute atomic E-state index is 12.6. The number of benzene rings is 3. The van der Waals surface area contributed by atoms with E-state index in [2.05, 4.69) is 28.8 Å². The summed E-state index contributed by atoms with van der Waals surface area (Å²) in [5.41, 5.74) is 2.26. The summed E-state index contributed by atoms with van der Waals surface area (Å²) in [5, 5.41) is 7.84. The van der Waals surface area contributed by atoms with E-state index in [0.717, 1.165) is 27.0 Å². The second-order valence-electron chi connectivity index (χ2n) is 7.50. The van der Waals surface area contributed by atoms with E-state index in [0.29, 0.717) is 23.7 Å². The number of carbonyl (C=O) groups is 2. The molecule has 1 unspecified atom stereocenters. The molecule has 3 N–H and O–H groups in total. The normalized spacial score (nSPS) is 11.6. The van der Waals surface area contributed by atoms with Crippen molar-refractivity contribution in [3.8, 4) is 11.5 Å². The monoisotopic (exact) mass is 422 g/mol. The van der Waals surface area contributed by atoms with Crippen molar-refractivity contribution in [2.45, 2.75) is 13.5 Å². The van der Waals surface area contributed by atoms with E-state index in [9.17, 15) is 9.59 Å². The maximum Gasteiger partial charge on any atom is 0.279 e. The van der Waals surface area contributed by atoms with Crippen molar-refractivity contribution in [2.75, 3.05) is 38.4 Å². The van der Waals surface area contributed by atoms with E-state index < -0.39 is 0 Å². The van der Waals surface area contributed by atoms with Gasteiger partial charge in [0.05, 0.1) is 27.0 Å². The summed E-state index contributed by atoms with van der Waals surface area (Å²) in [6.45, 7) is 2.43. The molecule has 0 aliphatic rings. The third kappa shape index (κ3) is 5.96. The van der Waals surface area contributed by atoms with Crippen LogP contribution in [0.4, 0.5) is 11.4 Å². The molecule has 3 rings (SSSR count). The van der Waals surface area contributed by atoms with Crippen LogP contribution in [0.3, 0.4) is 0 Å². The second-order valence-corrected chi connectivity index (χ2v) is 7.50. The zero-order chi connectivity index (χ0) is 22.4. The van der Waals surface area contributed by atoms with Gasteiger partial charge < -0.3 is 25.0 Å². The molecule has 31 heavy (non-hydrogen) atoms. The Morgan fingerprint density at radius 1 is 0.903 bits per heavy atom. The predicted molar refractivity (Wildman–Crippen MR) is 122 cm³/mol. The molecule has 0 aromatic heterocycles. The minimum absolute atomic E-state index is 0.138. The van der Waals surface area contributed by atoms with E-state index in [4.69, 9.17) is 9.47 Å². The van der Waals surface area contributed by atoms with Gasteiger partial charge in [-0.1, -0.05) is 18.2 Å². The predicted octanol–water partition coefficient (Wildman–Crippen LogP) is 2.47. The lowest BCUT2D eigenvalue weighted by Crippen LogP contribution is -3.08. The van der Waals surface area contributed by atoms with Crippen LogP contribution < -0.4 is 25.0 Å². The largest absolute Gasteiger partial charge is 0.497 e. The van der Waals surface area contributed by atoms with E-state index in [1.54, 1.807) is 25.3 Å². The summed E-state index contributed by atoms with van der Waals surface area (Å²) >= 11 is 0. The number of fused-ring (bicyclic) bond motifs is 1. The van der Waals surface area contributed by atoms with Gasteiger partial charge in [-0.05, 0) is 47.2 Å². The first kappa shape index (κ1) is 22.1. The molecule has 0 fully saturated rings. The highest BCUT2D eigenvalue weighted by Crippen LogP contribution is 2.27. The van der Waals surface area contributed by atoms with Crippen molar-refractivity contribution in [1.29, 1.82) is 0 Å². The molecule has 0 radical (unpaired) electrons. The summed E-state index contributed by atoms with van der Waals surface area (Å²) in [6.07, 6.45) is 0. The fourth-order valence-corrected chi connectivity index (χ4v) is 3.48. The Morgan fingerprint density at radius 3 is 2.35 bits per heavy atom. The van der Waals surface area contributed by atoms with Crippen LogP contribution >= 0.6 is 0 Å². The number of amides is 2. The zero-order valence-corrected chi connectivity index (χ0v) is 18.2. The molecule has 3 aromatic rings. The van der Waals surface area contributed by atoms with Crippen LogP contribution in [0.5, 0.6) is 11.5 Å². The number of ether oxygens (including phenoxy) is 2. The number of hydrogen-bond acceptors (Lipinski definition) is 4. The molecule has 0 bridgehead atoms. The molecule has 0 spiro atoms. The average molecular weight is 423 g/mol. The summed E-state index contributed by atoms with van der Waals surface area (Å²) in [4.78, 5) is 24.9. The highest BCUT2D eigenvalue weighted by molar-refractivity contribution is 5.95. The average Bonchev–Trinajstić information content (AvgIpc) is 2.73. The minimum atomic E-state index is -0.180. The lowest BCUT2D eigenvalue weighted by molar-refractivity contribution is -0.885. The van der Waals surface area contributed by atoms with E-state index in [1.165, 1.54) is 14.0 Å². The number of quaternary nitrogens is 1. The first-order valence-electron chi connectivity index (χ1n) is 10.0. The number of hydrogen-bond donors (Lipinski definition) is 3. The Morgan fingerprint density at radius 2 is 1.65 bits per heavy atom. The molecule has 7 heteroatoms. The summed E-state index contributed by atoms with van der Waals surface area (Å²) < 4.78 is 10.6. The van der Waals surface area contributed by atoms with Crippen LogP contribution in [0, 0.1) is 0 Å². The van der Waals surface area contributed by atoms with E-state index >= 15 is 0 Å². The van der Waals surface area contributed by atoms with Crippen LogP contribution in [0.25, 0.3) is 10.8 Å². The molecule has 1 atom stereocenters. The number of methoxy groups -OCH3 is 2. The highest BCUT2D eigenvalue weighted by atomic mass is 16.5. The lowest BCUT2D eigenvalue weighted by Gasteiger charge is -2.16. The standard InChI is InChI=1S/C24H27N3O4/c1-16(28)25-20-8-10-23(31-4)22(13-20)26-24(29)15-27(2)14-17-5-6-19-12-21(30-3)9-7-18(19)11-17/h5-13H,14-15H2,1-4H3,(H,25,28)(H,26,29)/p+1. The van der Waals surface area contributed by atoms with Gasteiger partial charge in [-0.15, -0.1) is 0 Å². The number of carbonyl (C=O) groups excluding carboxylic acids is 2. The Kier molecular flexibility index (Phi) is 7.10. The number of rotatable bonds is 8. The topological polar surface area (TPSA) is 81.1 Å². The maximum atomic E-state index is 12.6. The summed E-state index contributed by atoms with van der Waals surface area (Å²) in [5.74, 6) is 1.05. The van der Waals surface area contributed by atoms with Crippen LogP contribution in [0.1, 0.15) is 12.5 Å². The first-order chi connectivity index (χ1) is 14.9. The van der Waals surface area contributed by atoms with Crippen molar-refractivity contribution >= 4 is 34.0 Å². The van der Waals surface area contributed by atoms with Gasteiger partial charge in [0.15, 0.2) is 6.54 Å². The van der Waals surface area contributed by atoms with Crippen LogP contribution in [0.15, 0.2) is 54.6 Å². The number of likely N-dealkylation sites (N-methyl/N-ethyl adjacent to an activating group) is 1. The lowest BCUT2D eigenvalue weighted by atomic mass is 10.1. The Balaban J connectivity index is 1.64. The Labute approximate surface area is 181 Å². The van der Waals surface area contributed by atoms with Crippen molar-refractivity contribution in [3.05, 3.63) is 60.2 Å². The van der Waals surface area contributed by atoms with Gasteiger partial charge in [0.1, 0.15) is 18.0 Å². The van der Waals surface area contributed by atoms with Crippen molar-refractivity contribution in [3.63, 3.8) is 0 Å². The molecule has 0 aliphatic carbocycles. The van der Waals surface area contributed by atoms with Crippen molar-refractivity contribution in [2.24, 2.45) is 0 Å². The zero-order valence-electron chi connectivity index (χ0n) is 18.2. The third-order valence-corrected chi connectivity index (χ3v) is 4.87. The molecule has 7 nitrogen and oxygen atoms in total. The quantitative estimate of drug-likeness (QED) is 0.521. The second kappa shape index (κ2) is 9.95. The molecule has 2 amide bonds. The molecule has 0 saturated heterocycles. The van der Waals surface area contributed by atoms with Crippen LogP contribution in [0.2, 0.25) is 0 Å². The Bertz CT molecular complexity index is 1100. The summed E-state index contributed by atoms with van der Waals surface area (Å²) in [7, 11) is 5.17. The number of anilines is 2. The number of nitrogens with one attached hydrogen (secondary N) is 3. The van der Waals surface area contributed by atoms with E-state index in [1.807, 2.05) is 25.2 Å². The third-order valence-electron chi connectivity index (χ3n) is 4.87. The minimum Gasteiger partial charge on any atom is -0.497 e. The summed E-state index contributed by atoms with van der Waals surface area (Å²) in [6, 6.07) is 17.4. The molecule has 3 aromatic carbocycles. The van der Waals surface area contributed by atoms with Crippen molar-refractivity contribution in [1.82, 2.24) is 0 Å². The van der Waals surface area contributed by atoms with Gasteiger partial charge in [-0.25, -0.2) is 0 Å². The highest BCUT2D eigenvalue weighted by Gasteiger charge is 2.14. The van der Waals surface area contributed by atoms with Gasteiger partial charge >= 0.3 is 0 Å². The smallest absolute Gasteiger partial charge is 0.279 e. The van der Waals surface area contributed by atoms with Gasteiger partial charge in [0.25, 0.3) is 5.91 Å². The molecule has 0 saturated carbocycles. The SMILES string of the molecule is COc1ccc2cc(C[NH+](C)CC(=O)Nc3cc(NC(C)=O)ccc3OC)ccc2c1. The first-order valence-corrected chi connectivity index (χ1v) is 10.0. The van der Waals surface area contributed by atoms with Crippen LogP contribution in [-0.2, 0) is 16.1 Å². The Hall–Kier alpha value is -3.58. The molecule has 162 valence electrons.